The van der Waals surface area contributed by atoms with E-state index in [0.29, 0.717) is 6.04 Å². The molecule has 3 nitrogen and oxygen atoms in total. The lowest BCUT2D eigenvalue weighted by atomic mass is 10.0. The number of nitrogens with two attached hydrogens (primary N) is 1. The molecule has 1 atom stereocenters. The minimum Gasteiger partial charge on any atom is -0.398 e. The Balaban J connectivity index is 2.23. The standard InChI is InChI=1S/C14H22BrN3/c1-10-7-14(12(15)8-13(10)16)18-6-4-5-11(9-18)17(2)3/h7-8,11H,4-6,9,16H2,1-3H3. The van der Waals surface area contributed by atoms with Crippen molar-refractivity contribution in [2.24, 2.45) is 0 Å². The van der Waals surface area contributed by atoms with Gasteiger partial charge in [0.2, 0.25) is 0 Å². The summed E-state index contributed by atoms with van der Waals surface area (Å²) in [5.41, 5.74) is 9.22. The summed E-state index contributed by atoms with van der Waals surface area (Å²) in [6, 6.07) is 4.85. The van der Waals surface area contributed by atoms with Crippen molar-refractivity contribution in [1.29, 1.82) is 0 Å². The molecule has 100 valence electrons. The Hall–Kier alpha value is -0.740. The highest BCUT2D eigenvalue weighted by Crippen LogP contribution is 2.32. The molecule has 1 aromatic carbocycles. The molecule has 0 radical (unpaired) electrons. The Morgan fingerprint density at radius 2 is 2.11 bits per heavy atom. The second-order valence-electron chi connectivity index (χ2n) is 5.37. The monoisotopic (exact) mass is 311 g/mol. The van der Waals surface area contributed by atoms with E-state index < -0.39 is 0 Å². The molecule has 1 unspecified atom stereocenters. The maximum absolute atomic E-state index is 5.94. The molecule has 2 N–H and O–H groups in total. The van der Waals surface area contributed by atoms with Crippen molar-refractivity contribution >= 4 is 27.3 Å². The van der Waals surface area contributed by atoms with Crippen molar-refractivity contribution in [2.75, 3.05) is 37.8 Å². The minimum absolute atomic E-state index is 0.642. The van der Waals surface area contributed by atoms with Crippen molar-refractivity contribution < 1.29 is 0 Å². The van der Waals surface area contributed by atoms with Crippen LogP contribution in [0.2, 0.25) is 0 Å². The predicted molar refractivity (Wildman–Crippen MR) is 82.2 cm³/mol. The number of nitrogens with zero attached hydrogens (tertiary/aromatic N) is 2. The summed E-state index contributed by atoms with van der Waals surface area (Å²) in [5, 5.41) is 0. The second kappa shape index (κ2) is 5.49. The quantitative estimate of drug-likeness (QED) is 0.852. The largest absolute Gasteiger partial charge is 0.398 e. The first-order valence-electron chi connectivity index (χ1n) is 6.46. The fraction of sp³-hybridized carbons (Fsp3) is 0.571. The SMILES string of the molecule is Cc1cc(N2CCCC(N(C)C)C2)c(Br)cc1N. The topological polar surface area (TPSA) is 32.5 Å². The molecule has 1 aliphatic rings. The van der Waals surface area contributed by atoms with Crippen LogP contribution in [0, 0.1) is 6.92 Å². The van der Waals surface area contributed by atoms with Crippen LogP contribution < -0.4 is 10.6 Å². The normalized spacial score (nSPS) is 20.5. The van der Waals surface area contributed by atoms with Crippen LogP contribution in [0.15, 0.2) is 16.6 Å². The van der Waals surface area contributed by atoms with Crippen LogP contribution in [0.3, 0.4) is 0 Å². The average Bonchev–Trinajstić information content (AvgIpc) is 2.34. The number of anilines is 2. The average molecular weight is 312 g/mol. The van der Waals surface area contributed by atoms with Gasteiger partial charge in [-0.25, -0.2) is 0 Å². The van der Waals surface area contributed by atoms with Gasteiger partial charge in [-0.1, -0.05) is 0 Å². The summed E-state index contributed by atoms with van der Waals surface area (Å²) in [6.45, 7) is 4.29. The zero-order valence-corrected chi connectivity index (χ0v) is 13.0. The summed E-state index contributed by atoms with van der Waals surface area (Å²) < 4.78 is 1.10. The number of halogens is 1. The van der Waals surface area contributed by atoms with Crippen molar-refractivity contribution in [3.05, 3.63) is 22.2 Å². The number of likely N-dealkylation sites (N-methyl/N-ethyl adjacent to an activating group) is 1. The number of hydrogen-bond acceptors (Lipinski definition) is 3. The highest BCUT2D eigenvalue weighted by molar-refractivity contribution is 9.10. The molecule has 0 aliphatic carbocycles. The van der Waals surface area contributed by atoms with Crippen LogP contribution in [0.4, 0.5) is 11.4 Å². The zero-order chi connectivity index (χ0) is 13.3. The molecular weight excluding hydrogens is 290 g/mol. The lowest BCUT2D eigenvalue weighted by Gasteiger charge is -2.38. The highest BCUT2D eigenvalue weighted by Gasteiger charge is 2.23. The zero-order valence-electron chi connectivity index (χ0n) is 11.4. The van der Waals surface area contributed by atoms with Gasteiger partial charge in [0.25, 0.3) is 0 Å². The van der Waals surface area contributed by atoms with E-state index in [4.69, 9.17) is 5.73 Å². The lowest BCUT2D eigenvalue weighted by molar-refractivity contribution is 0.258. The van der Waals surface area contributed by atoms with Crippen molar-refractivity contribution in [3.63, 3.8) is 0 Å². The van der Waals surface area contributed by atoms with E-state index >= 15 is 0 Å². The van der Waals surface area contributed by atoms with Crippen molar-refractivity contribution in [3.8, 4) is 0 Å². The van der Waals surface area contributed by atoms with E-state index in [1.54, 1.807) is 0 Å². The maximum Gasteiger partial charge on any atom is 0.0515 e. The van der Waals surface area contributed by atoms with E-state index in [9.17, 15) is 0 Å². The number of aryl methyl sites for hydroxylation is 1. The smallest absolute Gasteiger partial charge is 0.0515 e. The minimum atomic E-state index is 0.642. The van der Waals surface area contributed by atoms with Gasteiger partial charge in [-0.15, -0.1) is 0 Å². The maximum atomic E-state index is 5.94. The first-order valence-corrected chi connectivity index (χ1v) is 7.25. The molecule has 0 aromatic heterocycles. The van der Waals surface area contributed by atoms with Gasteiger partial charge in [-0.05, 0) is 67.5 Å². The van der Waals surface area contributed by atoms with Gasteiger partial charge in [-0.3, -0.25) is 0 Å². The van der Waals surface area contributed by atoms with Gasteiger partial charge in [-0.2, -0.15) is 0 Å². The molecule has 2 rings (SSSR count). The van der Waals surface area contributed by atoms with E-state index in [-0.39, 0.29) is 0 Å². The van der Waals surface area contributed by atoms with Crippen LogP contribution in [0.5, 0.6) is 0 Å². The Kier molecular flexibility index (Phi) is 4.17. The Labute approximate surface area is 118 Å². The van der Waals surface area contributed by atoms with Crippen molar-refractivity contribution in [1.82, 2.24) is 4.90 Å². The fourth-order valence-corrected chi connectivity index (χ4v) is 3.13. The summed E-state index contributed by atoms with van der Waals surface area (Å²) in [7, 11) is 4.33. The molecule has 1 aliphatic heterocycles. The molecule has 4 heteroatoms. The molecular formula is C14H22BrN3. The van der Waals surface area contributed by atoms with Gasteiger partial charge in [0.15, 0.2) is 0 Å². The third-order valence-electron chi connectivity index (χ3n) is 3.80. The Morgan fingerprint density at radius 1 is 1.39 bits per heavy atom. The van der Waals surface area contributed by atoms with Crippen LogP contribution in [0.25, 0.3) is 0 Å². The summed E-state index contributed by atoms with van der Waals surface area (Å²) in [5.74, 6) is 0. The van der Waals surface area contributed by atoms with Gasteiger partial charge < -0.3 is 15.5 Å². The first-order chi connectivity index (χ1) is 8.49. The van der Waals surface area contributed by atoms with Gasteiger partial charge in [0.05, 0.1) is 5.69 Å². The van der Waals surface area contributed by atoms with Crippen LogP contribution >= 0.6 is 15.9 Å². The molecule has 1 saturated heterocycles. The Bertz CT molecular complexity index is 431. The molecule has 0 bridgehead atoms. The Morgan fingerprint density at radius 3 is 2.78 bits per heavy atom. The molecule has 18 heavy (non-hydrogen) atoms. The van der Waals surface area contributed by atoms with Gasteiger partial charge in [0.1, 0.15) is 0 Å². The molecule has 1 fully saturated rings. The number of benzene rings is 1. The van der Waals surface area contributed by atoms with Crippen LogP contribution in [-0.2, 0) is 0 Å². The predicted octanol–water partition coefficient (Wildman–Crippen LogP) is 2.87. The molecule has 1 aromatic rings. The third-order valence-corrected chi connectivity index (χ3v) is 4.44. The van der Waals surface area contributed by atoms with E-state index in [1.807, 2.05) is 6.07 Å². The number of piperidine rings is 1. The summed E-state index contributed by atoms with van der Waals surface area (Å²) >= 11 is 3.64. The van der Waals surface area contributed by atoms with Crippen LogP contribution in [0.1, 0.15) is 18.4 Å². The fourth-order valence-electron chi connectivity index (χ4n) is 2.52. The number of rotatable bonds is 2. The van der Waals surface area contributed by atoms with Gasteiger partial charge >= 0.3 is 0 Å². The van der Waals surface area contributed by atoms with Gasteiger partial charge in [0, 0.05) is 29.3 Å². The number of nitrogen functional groups attached to an aromatic ring is 1. The molecule has 0 saturated carbocycles. The van der Waals surface area contributed by atoms with Crippen LogP contribution in [-0.4, -0.2) is 38.1 Å². The second-order valence-corrected chi connectivity index (χ2v) is 6.22. The third kappa shape index (κ3) is 2.81. The molecule has 0 spiro atoms. The number of hydrogen-bond donors (Lipinski definition) is 1. The van der Waals surface area contributed by atoms with E-state index in [0.717, 1.165) is 28.8 Å². The highest BCUT2D eigenvalue weighted by atomic mass is 79.9. The summed E-state index contributed by atoms with van der Waals surface area (Å²) in [4.78, 5) is 4.79. The van der Waals surface area contributed by atoms with E-state index in [1.165, 1.54) is 18.5 Å². The summed E-state index contributed by atoms with van der Waals surface area (Å²) in [6.07, 6.45) is 2.54. The molecule has 1 heterocycles. The van der Waals surface area contributed by atoms with E-state index in [2.05, 4.69) is 52.8 Å². The lowest BCUT2D eigenvalue weighted by Crippen LogP contribution is -2.45. The molecule has 0 amide bonds. The van der Waals surface area contributed by atoms with Crippen molar-refractivity contribution in [2.45, 2.75) is 25.8 Å². The first kappa shape index (κ1) is 13.7.